The molecule has 0 spiro atoms. The molecule has 1 N–H and O–H groups in total. The number of hydrogen-bond donors (Lipinski definition) is 1. The second-order valence-electron chi connectivity index (χ2n) is 6.72. The van der Waals surface area contributed by atoms with Crippen LogP contribution in [0.3, 0.4) is 0 Å². The van der Waals surface area contributed by atoms with Crippen LogP contribution in [-0.4, -0.2) is 34.0 Å². The summed E-state index contributed by atoms with van der Waals surface area (Å²) in [5.74, 6) is 1.19. The van der Waals surface area contributed by atoms with Gasteiger partial charge in [-0.05, 0) is 24.5 Å². The van der Waals surface area contributed by atoms with Gasteiger partial charge in [-0.15, -0.1) is 0 Å². The van der Waals surface area contributed by atoms with Crippen LogP contribution in [0.5, 0.6) is 0 Å². The number of aryl methyl sites for hydroxylation is 2. The van der Waals surface area contributed by atoms with Crippen LogP contribution in [0, 0.1) is 0 Å². The Bertz CT molecular complexity index is 798. The molecular weight excluding hydrogens is 316 g/mol. The van der Waals surface area contributed by atoms with Gasteiger partial charge in [-0.1, -0.05) is 18.2 Å². The van der Waals surface area contributed by atoms with Crippen LogP contribution in [0.1, 0.15) is 30.7 Å². The molecule has 6 heteroatoms. The Hall–Kier alpha value is -2.63. The summed E-state index contributed by atoms with van der Waals surface area (Å²) < 4.78 is 2.10. The monoisotopic (exact) mass is 338 g/mol. The topological polar surface area (TPSA) is 67.2 Å². The van der Waals surface area contributed by atoms with Crippen molar-refractivity contribution < 1.29 is 9.59 Å². The molecule has 1 aromatic heterocycles. The predicted octanol–water partition coefficient (Wildman–Crippen LogP) is 1.68. The van der Waals surface area contributed by atoms with E-state index in [0.29, 0.717) is 19.4 Å². The molecule has 0 saturated heterocycles. The van der Waals surface area contributed by atoms with Gasteiger partial charge in [0.25, 0.3) is 0 Å². The van der Waals surface area contributed by atoms with Crippen molar-refractivity contribution in [3.63, 3.8) is 0 Å². The zero-order chi connectivity index (χ0) is 17.2. The number of rotatable bonds is 4. The van der Waals surface area contributed by atoms with E-state index < -0.39 is 0 Å². The Kier molecular flexibility index (Phi) is 4.26. The largest absolute Gasteiger partial charge is 0.352 e. The minimum absolute atomic E-state index is 0.00409. The Balaban J connectivity index is 1.34. The van der Waals surface area contributed by atoms with Gasteiger partial charge in [0.15, 0.2) is 0 Å². The van der Waals surface area contributed by atoms with Gasteiger partial charge in [-0.3, -0.25) is 9.59 Å². The van der Waals surface area contributed by atoms with Gasteiger partial charge < -0.3 is 14.8 Å². The molecule has 1 aromatic carbocycles. The zero-order valence-electron chi connectivity index (χ0n) is 14.1. The number of amides is 2. The smallest absolute Gasteiger partial charge is 0.227 e. The minimum atomic E-state index is 0.00409. The molecule has 0 aliphatic carbocycles. The molecular formula is C19H22N4O2. The van der Waals surface area contributed by atoms with Gasteiger partial charge in [0.1, 0.15) is 5.82 Å². The van der Waals surface area contributed by atoms with E-state index in [1.54, 1.807) is 11.1 Å². The fraction of sp³-hybridized carbons (Fsp3) is 0.421. The highest BCUT2D eigenvalue weighted by molar-refractivity contribution is 5.97. The van der Waals surface area contributed by atoms with Gasteiger partial charge >= 0.3 is 0 Å². The first-order valence-electron chi connectivity index (χ1n) is 8.88. The molecule has 0 radical (unpaired) electrons. The molecule has 0 unspecified atom stereocenters. The quantitative estimate of drug-likeness (QED) is 0.922. The summed E-state index contributed by atoms with van der Waals surface area (Å²) in [5.41, 5.74) is 2.13. The number of benzene rings is 1. The Morgan fingerprint density at radius 2 is 2.12 bits per heavy atom. The molecule has 2 amide bonds. The SMILES string of the molecule is O=C(CCN1C(=O)CCc2ccccc21)N[C@H]1CCc2nccn2C1. The van der Waals surface area contributed by atoms with Crippen molar-refractivity contribution in [3.8, 4) is 0 Å². The van der Waals surface area contributed by atoms with E-state index >= 15 is 0 Å². The van der Waals surface area contributed by atoms with Crippen molar-refractivity contribution in [1.82, 2.24) is 14.9 Å². The molecule has 0 bridgehead atoms. The maximum atomic E-state index is 12.3. The summed E-state index contributed by atoms with van der Waals surface area (Å²) in [6.07, 6.45) is 7.19. The van der Waals surface area contributed by atoms with E-state index in [4.69, 9.17) is 0 Å². The van der Waals surface area contributed by atoms with Crippen molar-refractivity contribution in [1.29, 1.82) is 0 Å². The maximum absolute atomic E-state index is 12.3. The van der Waals surface area contributed by atoms with Crippen LogP contribution in [0.4, 0.5) is 5.69 Å². The number of aromatic nitrogens is 2. The fourth-order valence-electron chi connectivity index (χ4n) is 3.74. The predicted molar refractivity (Wildman–Crippen MR) is 94.2 cm³/mol. The van der Waals surface area contributed by atoms with Gasteiger partial charge in [-0.2, -0.15) is 0 Å². The van der Waals surface area contributed by atoms with Crippen molar-refractivity contribution in [2.24, 2.45) is 0 Å². The van der Waals surface area contributed by atoms with Crippen LogP contribution < -0.4 is 10.2 Å². The van der Waals surface area contributed by atoms with E-state index in [1.165, 1.54) is 5.56 Å². The molecule has 1 atom stereocenters. The molecule has 3 heterocycles. The standard InChI is InChI=1S/C19H22N4O2/c24-18(21-15-6-7-17-20-10-12-22(17)13-15)9-11-23-16-4-2-1-3-14(16)5-8-19(23)25/h1-4,10,12,15H,5-9,11,13H2,(H,21,24)/t15-/m0/s1. The van der Waals surface area contributed by atoms with Gasteiger partial charge in [0.2, 0.25) is 11.8 Å². The van der Waals surface area contributed by atoms with E-state index in [0.717, 1.165) is 37.3 Å². The Morgan fingerprint density at radius 1 is 1.24 bits per heavy atom. The lowest BCUT2D eigenvalue weighted by molar-refractivity contribution is -0.122. The van der Waals surface area contributed by atoms with Gasteiger partial charge in [0.05, 0.1) is 0 Å². The van der Waals surface area contributed by atoms with Crippen molar-refractivity contribution in [2.45, 2.75) is 44.7 Å². The summed E-state index contributed by atoms with van der Waals surface area (Å²) in [5, 5.41) is 3.10. The van der Waals surface area contributed by atoms with Crippen molar-refractivity contribution in [3.05, 3.63) is 48.0 Å². The molecule has 0 saturated carbocycles. The van der Waals surface area contributed by atoms with E-state index in [-0.39, 0.29) is 17.9 Å². The number of fused-ring (bicyclic) bond motifs is 2. The zero-order valence-corrected chi connectivity index (χ0v) is 14.1. The van der Waals surface area contributed by atoms with Crippen LogP contribution in [0.15, 0.2) is 36.7 Å². The summed E-state index contributed by atoms with van der Waals surface area (Å²) in [6.45, 7) is 1.21. The van der Waals surface area contributed by atoms with Crippen LogP contribution >= 0.6 is 0 Å². The molecule has 130 valence electrons. The summed E-state index contributed by atoms with van der Waals surface area (Å²) >= 11 is 0. The minimum Gasteiger partial charge on any atom is -0.352 e. The lowest BCUT2D eigenvalue weighted by atomic mass is 10.0. The van der Waals surface area contributed by atoms with Crippen LogP contribution in [0.25, 0.3) is 0 Å². The second kappa shape index (κ2) is 6.70. The number of imidazole rings is 1. The van der Waals surface area contributed by atoms with Crippen molar-refractivity contribution >= 4 is 17.5 Å². The molecule has 0 fully saturated rings. The van der Waals surface area contributed by atoms with E-state index in [9.17, 15) is 9.59 Å². The Labute approximate surface area is 146 Å². The lowest BCUT2D eigenvalue weighted by Crippen LogP contribution is -2.43. The highest BCUT2D eigenvalue weighted by atomic mass is 16.2. The third-order valence-corrected chi connectivity index (χ3v) is 5.05. The third-order valence-electron chi connectivity index (χ3n) is 5.05. The summed E-state index contributed by atoms with van der Waals surface area (Å²) in [6, 6.07) is 8.09. The number of anilines is 1. The van der Waals surface area contributed by atoms with Crippen LogP contribution in [-0.2, 0) is 29.0 Å². The first kappa shape index (κ1) is 15.9. The lowest BCUT2D eigenvalue weighted by Gasteiger charge is -2.30. The maximum Gasteiger partial charge on any atom is 0.227 e. The fourth-order valence-corrected chi connectivity index (χ4v) is 3.74. The highest BCUT2D eigenvalue weighted by Crippen LogP contribution is 2.27. The number of carbonyl (C=O) groups excluding carboxylic acids is 2. The first-order chi connectivity index (χ1) is 12.2. The number of carbonyl (C=O) groups is 2. The van der Waals surface area contributed by atoms with Gasteiger partial charge in [-0.25, -0.2) is 4.98 Å². The number of nitrogens with zero attached hydrogens (tertiary/aromatic N) is 3. The number of hydrogen-bond acceptors (Lipinski definition) is 3. The molecule has 6 nitrogen and oxygen atoms in total. The van der Waals surface area contributed by atoms with Crippen LogP contribution in [0.2, 0.25) is 0 Å². The molecule has 2 aliphatic heterocycles. The molecule has 25 heavy (non-hydrogen) atoms. The normalized spacial score (nSPS) is 19.3. The highest BCUT2D eigenvalue weighted by Gasteiger charge is 2.25. The average molecular weight is 338 g/mol. The second-order valence-corrected chi connectivity index (χ2v) is 6.72. The number of para-hydroxylation sites is 1. The Morgan fingerprint density at radius 3 is 3.04 bits per heavy atom. The summed E-state index contributed by atoms with van der Waals surface area (Å²) in [4.78, 5) is 30.7. The molecule has 2 aromatic rings. The summed E-state index contributed by atoms with van der Waals surface area (Å²) in [7, 11) is 0. The van der Waals surface area contributed by atoms with Gasteiger partial charge in [0, 0.05) is 56.5 Å². The first-order valence-corrected chi connectivity index (χ1v) is 8.88. The third kappa shape index (κ3) is 3.29. The number of nitrogens with one attached hydrogen (secondary N) is 1. The van der Waals surface area contributed by atoms with E-state index in [2.05, 4.69) is 20.9 Å². The molecule has 4 rings (SSSR count). The average Bonchev–Trinajstić information content (AvgIpc) is 3.08. The van der Waals surface area contributed by atoms with Crippen molar-refractivity contribution in [2.75, 3.05) is 11.4 Å². The van der Waals surface area contributed by atoms with E-state index in [1.807, 2.05) is 24.4 Å². The molecule has 2 aliphatic rings.